The second-order valence-corrected chi connectivity index (χ2v) is 5.83. The third kappa shape index (κ3) is 2.51. The third-order valence-corrected chi connectivity index (χ3v) is 4.92. The highest BCUT2D eigenvalue weighted by Gasteiger charge is 2.28. The van der Waals surface area contributed by atoms with Crippen molar-refractivity contribution in [2.24, 2.45) is 5.92 Å². The van der Waals surface area contributed by atoms with E-state index in [9.17, 15) is 4.79 Å². The molecule has 1 atom stereocenters. The number of rotatable bonds is 4. The van der Waals surface area contributed by atoms with Gasteiger partial charge in [0.05, 0.1) is 16.6 Å². The van der Waals surface area contributed by atoms with Crippen LogP contribution < -0.4 is 0 Å². The molecule has 1 aliphatic carbocycles. The molecule has 3 nitrogen and oxygen atoms in total. The Morgan fingerprint density at radius 1 is 1.53 bits per heavy atom. The summed E-state index contributed by atoms with van der Waals surface area (Å²) in [6, 6.07) is 0. The van der Waals surface area contributed by atoms with E-state index in [-0.39, 0.29) is 5.92 Å². The van der Waals surface area contributed by atoms with E-state index in [0.717, 1.165) is 31.4 Å². The average molecular weight is 253 g/mol. The van der Waals surface area contributed by atoms with Crippen molar-refractivity contribution in [1.82, 2.24) is 4.98 Å². The van der Waals surface area contributed by atoms with Crippen LogP contribution in [0.4, 0.5) is 0 Å². The molecule has 0 aliphatic heterocycles. The lowest BCUT2D eigenvalue weighted by molar-refractivity contribution is -0.142. The summed E-state index contributed by atoms with van der Waals surface area (Å²) in [5.74, 6) is -0.306. The van der Waals surface area contributed by atoms with E-state index in [1.54, 1.807) is 11.3 Å². The number of aromatic nitrogens is 1. The van der Waals surface area contributed by atoms with E-state index in [2.05, 4.69) is 13.8 Å². The molecule has 1 unspecified atom stereocenters. The van der Waals surface area contributed by atoms with Crippen molar-refractivity contribution in [3.63, 3.8) is 0 Å². The fourth-order valence-corrected chi connectivity index (χ4v) is 3.88. The summed E-state index contributed by atoms with van der Waals surface area (Å²) >= 11 is 1.74. The Bertz CT molecular complexity index is 410. The number of nitrogens with zero attached hydrogens (tertiary/aromatic N) is 1. The zero-order chi connectivity index (χ0) is 12.4. The molecule has 0 fully saturated rings. The molecule has 0 saturated carbocycles. The highest BCUT2D eigenvalue weighted by molar-refractivity contribution is 7.11. The molecule has 1 aromatic rings. The van der Waals surface area contributed by atoms with Crippen LogP contribution in [-0.4, -0.2) is 16.1 Å². The van der Waals surface area contributed by atoms with Crippen LogP contribution in [0, 0.1) is 5.92 Å². The SMILES string of the molecule is CCC(CC)c1nc2c(s1)CC(C(=O)O)CC2. The van der Waals surface area contributed by atoms with Crippen molar-refractivity contribution < 1.29 is 9.90 Å². The number of fused-ring (bicyclic) bond motifs is 1. The maximum Gasteiger partial charge on any atom is 0.306 e. The molecule has 1 N–H and O–H groups in total. The molecule has 0 radical (unpaired) electrons. The molecule has 1 aromatic heterocycles. The Morgan fingerprint density at radius 3 is 2.82 bits per heavy atom. The molecular formula is C13H19NO2S. The highest BCUT2D eigenvalue weighted by atomic mass is 32.1. The lowest BCUT2D eigenvalue weighted by atomic mass is 9.91. The molecule has 17 heavy (non-hydrogen) atoms. The lowest BCUT2D eigenvalue weighted by Gasteiger charge is -2.16. The molecular weight excluding hydrogens is 234 g/mol. The maximum absolute atomic E-state index is 11.0. The molecule has 0 spiro atoms. The smallest absolute Gasteiger partial charge is 0.306 e. The Morgan fingerprint density at radius 2 is 2.24 bits per heavy atom. The largest absolute Gasteiger partial charge is 0.481 e. The van der Waals surface area contributed by atoms with Crippen LogP contribution in [0.15, 0.2) is 0 Å². The van der Waals surface area contributed by atoms with Gasteiger partial charge < -0.3 is 5.11 Å². The number of aliphatic carboxylic acids is 1. The molecule has 0 amide bonds. The highest BCUT2D eigenvalue weighted by Crippen LogP contribution is 2.35. The standard InChI is InChI=1S/C13H19NO2S/c1-3-8(4-2)12-14-10-6-5-9(13(15)16)7-11(10)17-12/h8-9H,3-7H2,1-2H3,(H,15,16). The van der Waals surface area contributed by atoms with E-state index in [1.807, 2.05) is 0 Å². The van der Waals surface area contributed by atoms with Crippen LogP contribution in [0.5, 0.6) is 0 Å². The van der Waals surface area contributed by atoms with Gasteiger partial charge in [-0.2, -0.15) is 0 Å². The van der Waals surface area contributed by atoms with Gasteiger partial charge >= 0.3 is 5.97 Å². The van der Waals surface area contributed by atoms with Crippen molar-refractivity contribution in [2.45, 2.75) is 51.9 Å². The normalized spacial score (nSPS) is 19.4. The maximum atomic E-state index is 11.0. The molecule has 0 saturated heterocycles. The van der Waals surface area contributed by atoms with Crippen LogP contribution >= 0.6 is 11.3 Å². The molecule has 0 aromatic carbocycles. The van der Waals surface area contributed by atoms with Crippen LogP contribution in [0.3, 0.4) is 0 Å². The molecule has 94 valence electrons. The first-order valence-electron chi connectivity index (χ1n) is 6.36. The first-order chi connectivity index (χ1) is 8.15. The van der Waals surface area contributed by atoms with Crippen LogP contribution in [0.2, 0.25) is 0 Å². The van der Waals surface area contributed by atoms with Crippen molar-refractivity contribution in [1.29, 1.82) is 0 Å². The quantitative estimate of drug-likeness (QED) is 0.896. The van der Waals surface area contributed by atoms with E-state index in [0.29, 0.717) is 12.3 Å². The van der Waals surface area contributed by atoms with Gasteiger partial charge in [-0.1, -0.05) is 13.8 Å². The van der Waals surface area contributed by atoms with Crippen LogP contribution in [-0.2, 0) is 17.6 Å². The number of carboxylic acids is 1. The van der Waals surface area contributed by atoms with Crippen molar-refractivity contribution in [3.05, 3.63) is 15.6 Å². The predicted octanol–water partition coefficient (Wildman–Crippen LogP) is 3.24. The number of aryl methyl sites for hydroxylation is 1. The van der Waals surface area contributed by atoms with Gasteiger partial charge in [-0.3, -0.25) is 4.79 Å². The lowest BCUT2D eigenvalue weighted by Crippen LogP contribution is -2.21. The van der Waals surface area contributed by atoms with Gasteiger partial charge in [-0.25, -0.2) is 4.98 Å². The van der Waals surface area contributed by atoms with E-state index >= 15 is 0 Å². The van der Waals surface area contributed by atoms with Gasteiger partial charge in [-0.05, 0) is 32.1 Å². The average Bonchev–Trinajstić information content (AvgIpc) is 2.72. The van der Waals surface area contributed by atoms with Gasteiger partial charge in [-0.15, -0.1) is 11.3 Å². The Kier molecular flexibility index (Phi) is 3.82. The first-order valence-corrected chi connectivity index (χ1v) is 7.18. The summed E-state index contributed by atoms with van der Waals surface area (Å²) in [6.07, 6.45) is 4.50. The fraction of sp³-hybridized carbons (Fsp3) is 0.692. The Hall–Kier alpha value is -0.900. The number of thiazole rings is 1. The Labute approximate surface area is 106 Å². The molecule has 4 heteroatoms. The zero-order valence-electron chi connectivity index (χ0n) is 10.4. The number of hydrogen-bond acceptors (Lipinski definition) is 3. The van der Waals surface area contributed by atoms with Crippen molar-refractivity contribution in [3.8, 4) is 0 Å². The minimum atomic E-state index is -0.659. The topological polar surface area (TPSA) is 50.2 Å². The second-order valence-electron chi connectivity index (χ2n) is 4.71. The predicted molar refractivity (Wildman–Crippen MR) is 68.6 cm³/mol. The van der Waals surface area contributed by atoms with Gasteiger partial charge in [0.15, 0.2) is 0 Å². The third-order valence-electron chi connectivity index (χ3n) is 3.64. The number of carboxylic acid groups (broad SMARTS) is 1. The fourth-order valence-electron chi connectivity index (χ4n) is 2.42. The van der Waals surface area contributed by atoms with E-state index in [1.165, 1.54) is 9.88 Å². The summed E-state index contributed by atoms with van der Waals surface area (Å²) in [4.78, 5) is 16.9. The zero-order valence-corrected chi connectivity index (χ0v) is 11.2. The van der Waals surface area contributed by atoms with Crippen LogP contribution in [0.1, 0.15) is 54.6 Å². The van der Waals surface area contributed by atoms with Crippen molar-refractivity contribution >= 4 is 17.3 Å². The summed E-state index contributed by atoms with van der Waals surface area (Å²) in [7, 11) is 0. The first kappa shape index (κ1) is 12.6. The monoisotopic (exact) mass is 253 g/mol. The molecule has 1 aliphatic rings. The number of hydrogen-bond donors (Lipinski definition) is 1. The molecule has 1 heterocycles. The minimum absolute atomic E-state index is 0.197. The van der Waals surface area contributed by atoms with Crippen LogP contribution in [0.25, 0.3) is 0 Å². The van der Waals surface area contributed by atoms with Gasteiger partial charge in [0, 0.05) is 10.8 Å². The number of carbonyl (C=O) groups is 1. The molecule has 0 bridgehead atoms. The summed E-state index contributed by atoms with van der Waals surface area (Å²) in [5, 5.41) is 10.3. The van der Waals surface area contributed by atoms with E-state index in [4.69, 9.17) is 10.1 Å². The molecule has 2 rings (SSSR count). The van der Waals surface area contributed by atoms with Gasteiger partial charge in [0.25, 0.3) is 0 Å². The van der Waals surface area contributed by atoms with Gasteiger partial charge in [0.2, 0.25) is 0 Å². The summed E-state index contributed by atoms with van der Waals surface area (Å²) in [6.45, 7) is 4.38. The van der Waals surface area contributed by atoms with E-state index < -0.39 is 5.97 Å². The Balaban J connectivity index is 2.19. The second kappa shape index (κ2) is 5.17. The minimum Gasteiger partial charge on any atom is -0.481 e. The van der Waals surface area contributed by atoms with Gasteiger partial charge in [0.1, 0.15) is 0 Å². The summed E-state index contributed by atoms with van der Waals surface area (Å²) < 4.78 is 0. The summed E-state index contributed by atoms with van der Waals surface area (Å²) in [5.41, 5.74) is 1.16. The van der Waals surface area contributed by atoms with Crippen molar-refractivity contribution in [2.75, 3.05) is 0 Å².